The summed E-state index contributed by atoms with van der Waals surface area (Å²) in [5.74, 6) is 0.477. The van der Waals surface area contributed by atoms with E-state index in [4.69, 9.17) is 5.73 Å². The van der Waals surface area contributed by atoms with Gasteiger partial charge in [-0.2, -0.15) is 0 Å². The Morgan fingerprint density at radius 3 is 2.58 bits per heavy atom. The van der Waals surface area contributed by atoms with Crippen LogP contribution in [0.2, 0.25) is 0 Å². The van der Waals surface area contributed by atoms with Gasteiger partial charge in [0.2, 0.25) is 0 Å². The van der Waals surface area contributed by atoms with Gasteiger partial charge in [0.25, 0.3) is 0 Å². The molecule has 0 radical (unpaired) electrons. The number of aromatic nitrogens is 2. The Morgan fingerprint density at radius 2 is 1.79 bits per heavy atom. The quantitative estimate of drug-likeness (QED) is 0.538. The molecule has 0 amide bonds. The lowest BCUT2D eigenvalue weighted by Crippen LogP contribution is -2.47. The summed E-state index contributed by atoms with van der Waals surface area (Å²) in [6.07, 6.45) is 8.87. The van der Waals surface area contributed by atoms with E-state index in [1.165, 1.54) is 37.8 Å². The average Bonchev–Trinajstić information content (AvgIpc) is 3.35. The van der Waals surface area contributed by atoms with E-state index in [0.717, 1.165) is 55.7 Å². The van der Waals surface area contributed by atoms with Crippen molar-refractivity contribution in [3.63, 3.8) is 0 Å². The van der Waals surface area contributed by atoms with E-state index in [1.54, 1.807) is 18.5 Å². The summed E-state index contributed by atoms with van der Waals surface area (Å²) in [5, 5.41) is 0. The fourth-order valence-corrected chi connectivity index (χ4v) is 5.92. The van der Waals surface area contributed by atoms with E-state index < -0.39 is 0 Å². The fourth-order valence-electron chi connectivity index (χ4n) is 5.92. The van der Waals surface area contributed by atoms with Crippen LogP contribution in [0.3, 0.4) is 0 Å². The molecule has 2 unspecified atom stereocenters. The maximum absolute atomic E-state index is 14.8. The molecule has 0 bridgehead atoms. The second-order valence-corrected chi connectivity index (χ2v) is 9.80. The summed E-state index contributed by atoms with van der Waals surface area (Å²) in [6.45, 7) is 4.92. The molecular weight excluding hydrogens is 413 g/mol. The van der Waals surface area contributed by atoms with Crippen molar-refractivity contribution >= 4 is 16.7 Å². The van der Waals surface area contributed by atoms with Gasteiger partial charge in [0.05, 0.1) is 17.5 Å². The Balaban J connectivity index is 1.23. The highest BCUT2D eigenvalue weighted by Gasteiger charge is 2.31. The van der Waals surface area contributed by atoms with E-state index in [9.17, 15) is 4.39 Å². The van der Waals surface area contributed by atoms with Gasteiger partial charge in [-0.05, 0) is 55.5 Å². The van der Waals surface area contributed by atoms with Crippen LogP contribution < -0.4 is 10.6 Å². The van der Waals surface area contributed by atoms with Crippen molar-refractivity contribution in [3.8, 4) is 0 Å². The molecule has 1 aliphatic heterocycles. The minimum atomic E-state index is -0.106. The summed E-state index contributed by atoms with van der Waals surface area (Å²) < 4.78 is 14.8. The Bertz CT molecular complexity index is 1040. The Labute approximate surface area is 196 Å². The van der Waals surface area contributed by atoms with Crippen LogP contribution in [0.15, 0.2) is 48.8 Å². The van der Waals surface area contributed by atoms with Crippen LogP contribution in [0.1, 0.15) is 50.0 Å². The number of H-pyrrole nitrogens is 1. The normalized spacial score (nSPS) is 20.2. The van der Waals surface area contributed by atoms with Crippen LogP contribution in [0.25, 0.3) is 11.0 Å². The van der Waals surface area contributed by atoms with E-state index in [1.807, 2.05) is 12.1 Å². The predicted octanol–water partition coefficient (Wildman–Crippen LogP) is 4.91. The number of nitrogens with zero attached hydrogens (tertiary/aromatic N) is 3. The molecule has 1 saturated heterocycles. The molecule has 176 valence electrons. The number of hydrogen-bond acceptors (Lipinski definition) is 4. The second-order valence-electron chi connectivity index (χ2n) is 9.80. The van der Waals surface area contributed by atoms with Crippen LogP contribution in [-0.2, 0) is 0 Å². The number of nitrogens with one attached hydrogen (secondary N) is 1. The maximum atomic E-state index is 14.8. The first-order valence-corrected chi connectivity index (χ1v) is 12.6. The van der Waals surface area contributed by atoms with Gasteiger partial charge >= 0.3 is 0 Å². The second kappa shape index (κ2) is 10.2. The van der Waals surface area contributed by atoms with Crippen molar-refractivity contribution in [1.82, 2.24) is 14.9 Å². The number of halogens is 1. The number of hydrogen-bond donors (Lipinski definition) is 2. The molecule has 33 heavy (non-hydrogen) atoms. The molecule has 3 N–H and O–H groups in total. The van der Waals surface area contributed by atoms with E-state index >= 15 is 0 Å². The summed E-state index contributed by atoms with van der Waals surface area (Å²) >= 11 is 0. The van der Waals surface area contributed by atoms with Gasteiger partial charge in [0.15, 0.2) is 0 Å². The third kappa shape index (κ3) is 4.92. The molecule has 2 aromatic carbocycles. The number of rotatable bonds is 7. The lowest BCUT2D eigenvalue weighted by atomic mass is 9.75. The van der Waals surface area contributed by atoms with Crippen LogP contribution in [0.4, 0.5) is 10.1 Å². The van der Waals surface area contributed by atoms with Gasteiger partial charge in [-0.15, -0.1) is 0 Å². The van der Waals surface area contributed by atoms with Crippen molar-refractivity contribution in [2.45, 2.75) is 50.5 Å². The highest BCUT2D eigenvalue weighted by Crippen LogP contribution is 2.35. The van der Waals surface area contributed by atoms with Crippen LogP contribution in [0, 0.1) is 11.7 Å². The van der Waals surface area contributed by atoms with Crippen LogP contribution in [-0.4, -0.2) is 53.6 Å². The molecule has 2 fully saturated rings. The fraction of sp³-hybridized carbons (Fsp3) is 0.519. The Hall–Kier alpha value is -2.44. The first kappa shape index (κ1) is 22.4. The molecule has 2 heterocycles. The van der Waals surface area contributed by atoms with E-state index in [0.29, 0.717) is 5.92 Å². The van der Waals surface area contributed by atoms with Crippen molar-refractivity contribution in [3.05, 3.63) is 60.2 Å². The SMILES string of the molecule is NC(C1CCCCC1)C(CCN1CCN(c2cccc3[nH]cnc23)CC1)c1ccccc1F. The smallest absolute Gasteiger partial charge is 0.126 e. The first-order chi connectivity index (χ1) is 16.2. The maximum Gasteiger partial charge on any atom is 0.126 e. The molecule has 2 aliphatic rings. The summed E-state index contributed by atoms with van der Waals surface area (Å²) in [4.78, 5) is 12.7. The molecular formula is C27H36FN5. The molecule has 1 aromatic heterocycles. The minimum absolute atomic E-state index is 0.0285. The Morgan fingerprint density at radius 1 is 1.00 bits per heavy atom. The number of benzene rings is 2. The van der Waals surface area contributed by atoms with Crippen molar-refractivity contribution in [2.75, 3.05) is 37.6 Å². The highest BCUT2D eigenvalue weighted by molar-refractivity contribution is 5.88. The molecule has 5 nitrogen and oxygen atoms in total. The zero-order chi connectivity index (χ0) is 22.6. The lowest BCUT2D eigenvalue weighted by molar-refractivity contribution is 0.221. The number of nitrogens with two attached hydrogens (primary N) is 1. The number of fused-ring (bicyclic) bond motifs is 1. The monoisotopic (exact) mass is 449 g/mol. The van der Waals surface area contributed by atoms with Gasteiger partial charge in [0.1, 0.15) is 11.3 Å². The van der Waals surface area contributed by atoms with Gasteiger partial charge in [-0.1, -0.05) is 43.5 Å². The summed E-state index contributed by atoms with van der Waals surface area (Å²) in [5.41, 5.74) is 11.0. The van der Waals surface area contributed by atoms with Gasteiger partial charge in [0, 0.05) is 38.1 Å². The zero-order valence-corrected chi connectivity index (χ0v) is 19.4. The number of para-hydroxylation sites is 1. The largest absolute Gasteiger partial charge is 0.367 e. The number of anilines is 1. The number of piperazine rings is 1. The third-order valence-corrected chi connectivity index (χ3v) is 7.86. The highest BCUT2D eigenvalue weighted by atomic mass is 19.1. The van der Waals surface area contributed by atoms with E-state index in [-0.39, 0.29) is 17.8 Å². The summed E-state index contributed by atoms with van der Waals surface area (Å²) in [6, 6.07) is 13.6. The molecule has 1 saturated carbocycles. The lowest BCUT2D eigenvalue weighted by Gasteiger charge is -2.38. The molecule has 0 spiro atoms. The Kier molecular flexibility index (Phi) is 6.93. The first-order valence-electron chi connectivity index (χ1n) is 12.6. The zero-order valence-electron chi connectivity index (χ0n) is 19.4. The molecule has 2 atom stereocenters. The molecule has 6 heteroatoms. The van der Waals surface area contributed by atoms with Crippen molar-refractivity contribution in [1.29, 1.82) is 0 Å². The van der Waals surface area contributed by atoms with Gasteiger partial charge < -0.3 is 15.6 Å². The van der Waals surface area contributed by atoms with Gasteiger partial charge in [-0.3, -0.25) is 4.90 Å². The predicted molar refractivity (Wildman–Crippen MR) is 133 cm³/mol. The van der Waals surface area contributed by atoms with Crippen molar-refractivity contribution < 1.29 is 4.39 Å². The molecule has 1 aliphatic carbocycles. The molecule has 3 aromatic rings. The van der Waals surface area contributed by atoms with Crippen molar-refractivity contribution in [2.24, 2.45) is 11.7 Å². The number of aromatic amines is 1. The van der Waals surface area contributed by atoms with Crippen LogP contribution in [0.5, 0.6) is 0 Å². The third-order valence-electron chi connectivity index (χ3n) is 7.86. The number of imidazole rings is 1. The molecule has 5 rings (SSSR count). The van der Waals surface area contributed by atoms with Crippen LogP contribution >= 0.6 is 0 Å². The minimum Gasteiger partial charge on any atom is -0.367 e. The van der Waals surface area contributed by atoms with Gasteiger partial charge in [-0.25, -0.2) is 9.37 Å². The topological polar surface area (TPSA) is 61.2 Å². The standard InChI is InChI=1S/C27H36FN5/c28-23-10-5-4-9-21(23)22(26(29)20-7-2-1-3-8-20)13-14-32-15-17-33(18-16-32)25-12-6-11-24-27(25)31-19-30-24/h4-6,9-12,19-20,22,26H,1-3,7-8,13-18,29H2,(H,30,31). The summed E-state index contributed by atoms with van der Waals surface area (Å²) in [7, 11) is 0. The van der Waals surface area contributed by atoms with E-state index in [2.05, 4.69) is 38.0 Å². The average molecular weight is 450 g/mol.